The fourth-order valence-electron chi connectivity index (χ4n) is 3.02. The molecule has 1 saturated heterocycles. The zero-order chi connectivity index (χ0) is 14.3. The minimum atomic E-state index is -3.45. The van der Waals surface area contributed by atoms with Gasteiger partial charge in [-0.3, -0.25) is 0 Å². The molecule has 2 atom stereocenters. The lowest BCUT2D eigenvalue weighted by atomic mass is 9.99. The SMILES string of the molecule is CC1CC(N)CN(S(=O)(=O)c2ccc3c(c2)CCO3)C1. The molecule has 0 spiro atoms. The number of rotatable bonds is 2. The van der Waals surface area contributed by atoms with E-state index in [1.165, 1.54) is 4.31 Å². The van der Waals surface area contributed by atoms with Crippen molar-refractivity contribution in [3.05, 3.63) is 23.8 Å². The van der Waals surface area contributed by atoms with Crippen molar-refractivity contribution in [3.8, 4) is 5.75 Å². The molecular weight excluding hydrogens is 276 g/mol. The summed E-state index contributed by atoms with van der Waals surface area (Å²) in [6, 6.07) is 5.04. The number of benzene rings is 1. The van der Waals surface area contributed by atoms with Crippen molar-refractivity contribution in [1.82, 2.24) is 4.31 Å². The molecule has 0 radical (unpaired) electrons. The van der Waals surface area contributed by atoms with Crippen molar-refractivity contribution in [1.29, 1.82) is 0 Å². The number of sulfonamides is 1. The van der Waals surface area contributed by atoms with E-state index in [4.69, 9.17) is 10.5 Å². The number of nitrogens with two attached hydrogens (primary N) is 1. The molecule has 2 heterocycles. The van der Waals surface area contributed by atoms with E-state index in [9.17, 15) is 8.42 Å². The first-order valence-corrected chi connectivity index (χ1v) is 8.42. The summed E-state index contributed by atoms with van der Waals surface area (Å²) in [5.41, 5.74) is 6.93. The monoisotopic (exact) mass is 296 g/mol. The Hall–Kier alpha value is -1.11. The molecule has 0 aromatic heterocycles. The quantitative estimate of drug-likeness (QED) is 0.883. The van der Waals surface area contributed by atoms with Gasteiger partial charge < -0.3 is 10.5 Å². The summed E-state index contributed by atoms with van der Waals surface area (Å²) in [4.78, 5) is 0.350. The summed E-state index contributed by atoms with van der Waals surface area (Å²) in [6.07, 6.45) is 1.65. The molecule has 6 heteroatoms. The number of fused-ring (bicyclic) bond motifs is 1. The van der Waals surface area contributed by atoms with E-state index in [0.717, 1.165) is 24.2 Å². The largest absolute Gasteiger partial charge is 0.493 e. The second-order valence-electron chi connectivity index (χ2n) is 5.79. The molecular formula is C14H20N2O3S. The van der Waals surface area contributed by atoms with Gasteiger partial charge in [0.15, 0.2) is 0 Å². The van der Waals surface area contributed by atoms with Crippen molar-refractivity contribution in [2.45, 2.75) is 30.7 Å². The normalized spacial score (nSPS) is 27.1. The minimum Gasteiger partial charge on any atom is -0.493 e. The highest BCUT2D eigenvalue weighted by molar-refractivity contribution is 7.89. The van der Waals surface area contributed by atoms with E-state index >= 15 is 0 Å². The van der Waals surface area contributed by atoms with Gasteiger partial charge in [0.25, 0.3) is 0 Å². The zero-order valence-electron chi connectivity index (χ0n) is 11.6. The number of piperidine rings is 1. The van der Waals surface area contributed by atoms with Crippen molar-refractivity contribution in [2.24, 2.45) is 11.7 Å². The summed E-state index contributed by atoms with van der Waals surface area (Å²) in [6.45, 7) is 3.62. The Bertz CT molecular complexity index is 605. The Labute approximate surface area is 119 Å². The summed E-state index contributed by atoms with van der Waals surface area (Å²) in [7, 11) is -3.45. The highest BCUT2D eigenvalue weighted by Gasteiger charge is 2.32. The van der Waals surface area contributed by atoms with Gasteiger partial charge in [-0.1, -0.05) is 6.92 Å². The lowest BCUT2D eigenvalue weighted by Gasteiger charge is -2.33. The predicted molar refractivity (Wildman–Crippen MR) is 76.2 cm³/mol. The van der Waals surface area contributed by atoms with Crippen LogP contribution in [0.2, 0.25) is 0 Å². The summed E-state index contributed by atoms with van der Waals surface area (Å²) >= 11 is 0. The van der Waals surface area contributed by atoms with Gasteiger partial charge in [-0.15, -0.1) is 0 Å². The maximum atomic E-state index is 12.7. The van der Waals surface area contributed by atoms with Gasteiger partial charge in [-0.05, 0) is 36.1 Å². The standard InChI is InChI=1S/C14H20N2O3S/c1-10-6-12(15)9-16(8-10)20(17,18)13-2-3-14-11(7-13)4-5-19-14/h2-3,7,10,12H,4-6,8-9,15H2,1H3. The van der Waals surface area contributed by atoms with E-state index in [0.29, 0.717) is 30.5 Å². The van der Waals surface area contributed by atoms with Crippen LogP contribution in [0.15, 0.2) is 23.1 Å². The molecule has 0 bridgehead atoms. The van der Waals surface area contributed by atoms with Crippen molar-refractivity contribution in [2.75, 3.05) is 19.7 Å². The molecule has 2 N–H and O–H groups in total. The summed E-state index contributed by atoms with van der Waals surface area (Å²) in [5, 5.41) is 0. The van der Waals surface area contributed by atoms with Crippen LogP contribution in [-0.2, 0) is 16.4 Å². The maximum Gasteiger partial charge on any atom is 0.243 e. The van der Waals surface area contributed by atoms with E-state index in [1.807, 2.05) is 6.92 Å². The lowest BCUT2D eigenvalue weighted by molar-refractivity contribution is 0.254. The highest BCUT2D eigenvalue weighted by Crippen LogP contribution is 2.30. The van der Waals surface area contributed by atoms with Crippen LogP contribution < -0.4 is 10.5 Å². The molecule has 0 aliphatic carbocycles. The topological polar surface area (TPSA) is 72.6 Å². The Morgan fingerprint density at radius 2 is 2.15 bits per heavy atom. The Balaban J connectivity index is 1.91. The number of hydrogen-bond donors (Lipinski definition) is 1. The fraction of sp³-hybridized carbons (Fsp3) is 0.571. The Morgan fingerprint density at radius 3 is 2.90 bits per heavy atom. The average molecular weight is 296 g/mol. The number of hydrogen-bond acceptors (Lipinski definition) is 4. The molecule has 2 aliphatic rings. The third-order valence-electron chi connectivity index (χ3n) is 3.96. The van der Waals surface area contributed by atoms with Crippen molar-refractivity contribution < 1.29 is 13.2 Å². The van der Waals surface area contributed by atoms with Crippen LogP contribution in [0.3, 0.4) is 0 Å². The first-order valence-electron chi connectivity index (χ1n) is 6.98. The van der Waals surface area contributed by atoms with Crippen LogP contribution in [0.1, 0.15) is 18.9 Å². The lowest BCUT2D eigenvalue weighted by Crippen LogP contribution is -2.48. The molecule has 5 nitrogen and oxygen atoms in total. The molecule has 110 valence electrons. The van der Waals surface area contributed by atoms with Crippen LogP contribution in [0.5, 0.6) is 5.75 Å². The summed E-state index contributed by atoms with van der Waals surface area (Å²) in [5.74, 6) is 1.10. The molecule has 2 unspecified atom stereocenters. The smallest absolute Gasteiger partial charge is 0.243 e. The Kier molecular flexibility index (Phi) is 3.48. The van der Waals surface area contributed by atoms with E-state index in [2.05, 4.69) is 0 Å². The molecule has 0 saturated carbocycles. The Morgan fingerprint density at radius 1 is 1.35 bits per heavy atom. The van der Waals surface area contributed by atoms with Crippen LogP contribution >= 0.6 is 0 Å². The minimum absolute atomic E-state index is 0.0775. The van der Waals surface area contributed by atoms with Crippen molar-refractivity contribution >= 4 is 10.0 Å². The first-order chi connectivity index (χ1) is 9.46. The third kappa shape index (κ3) is 2.43. The fourth-order valence-corrected chi connectivity index (χ4v) is 4.69. The second kappa shape index (κ2) is 5.02. The molecule has 1 aromatic carbocycles. The predicted octanol–water partition coefficient (Wildman–Crippen LogP) is 0.979. The highest BCUT2D eigenvalue weighted by atomic mass is 32.2. The summed E-state index contributed by atoms with van der Waals surface area (Å²) < 4.78 is 32.3. The van der Waals surface area contributed by atoms with Gasteiger partial charge in [0, 0.05) is 25.6 Å². The third-order valence-corrected chi connectivity index (χ3v) is 5.78. The van der Waals surface area contributed by atoms with Gasteiger partial charge in [0.05, 0.1) is 11.5 Å². The molecule has 2 aliphatic heterocycles. The molecule has 1 aromatic rings. The van der Waals surface area contributed by atoms with Crippen LogP contribution in [-0.4, -0.2) is 38.5 Å². The first kappa shape index (κ1) is 13.9. The molecule has 0 amide bonds. The van der Waals surface area contributed by atoms with Gasteiger partial charge in [-0.25, -0.2) is 8.42 Å². The van der Waals surface area contributed by atoms with Crippen molar-refractivity contribution in [3.63, 3.8) is 0 Å². The number of ether oxygens (including phenoxy) is 1. The van der Waals surface area contributed by atoms with E-state index < -0.39 is 10.0 Å². The van der Waals surface area contributed by atoms with Gasteiger partial charge in [-0.2, -0.15) is 4.31 Å². The number of nitrogens with zero attached hydrogens (tertiary/aromatic N) is 1. The maximum absolute atomic E-state index is 12.7. The van der Waals surface area contributed by atoms with Gasteiger partial charge in [0.2, 0.25) is 10.0 Å². The average Bonchev–Trinajstić information content (AvgIpc) is 2.84. The van der Waals surface area contributed by atoms with E-state index in [-0.39, 0.29) is 6.04 Å². The van der Waals surface area contributed by atoms with Crippen LogP contribution in [0.4, 0.5) is 0 Å². The molecule has 3 rings (SSSR count). The zero-order valence-corrected chi connectivity index (χ0v) is 12.4. The van der Waals surface area contributed by atoms with E-state index in [1.54, 1.807) is 18.2 Å². The van der Waals surface area contributed by atoms with Crippen LogP contribution in [0.25, 0.3) is 0 Å². The molecule has 20 heavy (non-hydrogen) atoms. The van der Waals surface area contributed by atoms with Gasteiger partial charge in [0.1, 0.15) is 5.75 Å². The van der Waals surface area contributed by atoms with Gasteiger partial charge >= 0.3 is 0 Å². The van der Waals surface area contributed by atoms with Crippen LogP contribution in [0, 0.1) is 5.92 Å². The molecule has 1 fully saturated rings. The second-order valence-corrected chi connectivity index (χ2v) is 7.73.